The first-order chi connectivity index (χ1) is 10.7. The Morgan fingerprint density at radius 2 is 2.32 bits per heavy atom. The van der Waals surface area contributed by atoms with Crippen LogP contribution in [-0.4, -0.2) is 19.7 Å². The Bertz CT molecular complexity index is 713. The number of aromatic nitrogens is 4. The summed E-state index contributed by atoms with van der Waals surface area (Å²) in [5, 5.41) is 11.7. The Hall–Kier alpha value is -1.94. The second-order valence-electron chi connectivity index (χ2n) is 4.12. The van der Waals surface area contributed by atoms with Crippen molar-refractivity contribution in [1.29, 1.82) is 0 Å². The van der Waals surface area contributed by atoms with Crippen molar-refractivity contribution < 1.29 is 13.2 Å². The highest BCUT2D eigenvalue weighted by Crippen LogP contribution is 2.29. The van der Waals surface area contributed by atoms with Gasteiger partial charge in [-0.1, -0.05) is 23.1 Å². The predicted molar refractivity (Wildman–Crippen MR) is 79.0 cm³/mol. The molecule has 0 fully saturated rings. The summed E-state index contributed by atoms with van der Waals surface area (Å²) >= 11 is 2.67. The molecule has 0 saturated heterocycles. The van der Waals surface area contributed by atoms with Crippen molar-refractivity contribution in [2.45, 2.75) is 23.2 Å². The van der Waals surface area contributed by atoms with Gasteiger partial charge in [0, 0.05) is 12.4 Å². The maximum absolute atomic E-state index is 12.7. The second kappa shape index (κ2) is 6.88. The lowest BCUT2D eigenvalue weighted by Crippen LogP contribution is -2.01. The number of anilines is 1. The van der Waals surface area contributed by atoms with Crippen molar-refractivity contribution in [3.8, 4) is 0 Å². The topological polar surface area (TPSA) is 68.8 Å². The quantitative estimate of drug-likeness (QED) is 0.661. The molecule has 0 unspecified atom stereocenters. The van der Waals surface area contributed by atoms with Crippen LogP contribution in [0.1, 0.15) is 18.1 Å². The van der Waals surface area contributed by atoms with E-state index >= 15 is 0 Å². The molecule has 3 aromatic heterocycles. The number of halogens is 2. The van der Waals surface area contributed by atoms with Crippen LogP contribution in [-0.2, 0) is 12.3 Å². The first kappa shape index (κ1) is 15.0. The third-order valence-electron chi connectivity index (χ3n) is 2.68. The van der Waals surface area contributed by atoms with Crippen molar-refractivity contribution in [3.05, 3.63) is 42.4 Å². The molecule has 0 atom stereocenters. The monoisotopic (exact) mass is 343 g/mol. The summed E-state index contributed by atoms with van der Waals surface area (Å²) < 4.78 is 32.1. The van der Waals surface area contributed by atoms with Crippen LogP contribution in [0.3, 0.4) is 0 Å². The van der Waals surface area contributed by atoms with E-state index in [9.17, 15) is 8.78 Å². The zero-order valence-electron chi connectivity index (χ0n) is 11.1. The Morgan fingerprint density at radius 1 is 1.41 bits per heavy atom. The standard InChI is InChI=1S/C12H11F2N5OS2/c13-10(14)19-4-3-15-9(19)7-21-12-18-17-11(22-12)16-6-8-2-1-5-20-8/h1-5,10H,6-7H2,(H,16,17). The van der Waals surface area contributed by atoms with Crippen molar-refractivity contribution in [1.82, 2.24) is 19.7 Å². The van der Waals surface area contributed by atoms with Crippen LogP contribution >= 0.6 is 23.1 Å². The van der Waals surface area contributed by atoms with Crippen molar-refractivity contribution >= 4 is 28.2 Å². The number of hydrogen-bond acceptors (Lipinski definition) is 7. The smallest absolute Gasteiger partial charge is 0.319 e. The predicted octanol–water partition coefficient (Wildman–Crippen LogP) is 3.63. The number of hydrogen-bond donors (Lipinski definition) is 1. The fourth-order valence-electron chi connectivity index (χ4n) is 1.68. The van der Waals surface area contributed by atoms with Gasteiger partial charge in [0.15, 0.2) is 4.34 Å². The molecule has 0 radical (unpaired) electrons. The Labute approximate surface area is 132 Å². The molecule has 0 saturated carbocycles. The third kappa shape index (κ3) is 3.63. The minimum atomic E-state index is -2.59. The lowest BCUT2D eigenvalue weighted by atomic mass is 10.4. The van der Waals surface area contributed by atoms with Crippen LogP contribution < -0.4 is 5.32 Å². The van der Waals surface area contributed by atoms with Crippen LogP contribution in [0, 0.1) is 0 Å². The van der Waals surface area contributed by atoms with E-state index in [2.05, 4.69) is 20.5 Å². The molecular weight excluding hydrogens is 332 g/mol. The molecule has 0 aliphatic heterocycles. The van der Waals surface area contributed by atoms with Gasteiger partial charge in [0.05, 0.1) is 18.6 Å². The minimum Gasteiger partial charge on any atom is -0.467 e. The average Bonchev–Trinajstić information content (AvgIpc) is 3.23. The summed E-state index contributed by atoms with van der Waals surface area (Å²) in [5.41, 5.74) is 0. The molecule has 116 valence electrons. The van der Waals surface area contributed by atoms with Gasteiger partial charge in [0.2, 0.25) is 5.13 Å². The summed E-state index contributed by atoms with van der Waals surface area (Å²) in [6.07, 6.45) is 4.22. The fourth-order valence-corrected chi connectivity index (χ4v) is 3.37. The zero-order valence-corrected chi connectivity index (χ0v) is 12.8. The van der Waals surface area contributed by atoms with Crippen molar-refractivity contribution in [2.75, 3.05) is 5.32 Å². The number of alkyl halides is 2. The SMILES string of the molecule is FC(F)n1ccnc1CSc1nnc(NCc2ccco2)s1. The van der Waals surface area contributed by atoms with Gasteiger partial charge in [-0.15, -0.1) is 10.2 Å². The van der Waals surface area contributed by atoms with Crippen LogP contribution in [0.2, 0.25) is 0 Å². The van der Waals surface area contributed by atoms with Crippen LogP contribution in [0.25, 0.3) is 0 Å². The van der Waals surface area contributed by atoms with Crippen LogP contribution in [0.5, 0.6) is 0 Å². The molecular formula is C12H11F2N5OS2. The molecule has 3 heterocycles. The van der Waals surface area contributed by atoms with Crippen LogP contribution in [0.15, 0.2) is 39.5 Å². The Balaban J connectivity index is 1.54. The average molecular weight is 343 g/mol. The van der Waals surface area contributed by atoms with E-state index in [4.69, 9.17) is 4.42 Å². The maximum Gasteiger partial charge on any atom is 0.319 e. The summed E-state index contributed by atoms with van der Waals surface area (Å²) in [6.45, 7) is -2.07. The fraction of sp³-hybridized carbons (Fsp3) is 0.250. The summed E-state index contributed by atoms with van der Waals surface area (Å²) in [7, 11) is 0. The Kier molecular flexibility index (Phi) is 4.68. The van der Waals surface area contributed by atoms with Gasteiger partial charge in [0.25, 0.3) is 0 Å². The van der Waals surface area contributed by atoms with E-state index < -0.39 is 6.55 Å². The van der Waals surface area contributed by atoms with Gasteiger partial charge in [-0.05, 0) is 12.1 Å². The van der Waals surface area contributed by atoms with Gasteiger partial charge in [0.1, 0.15) is 11.6 Å². The molecule has 10 heteroatoms. The summed E-state index contributed by atoms with van der Waals surface area (Å²) in [5.74, 6) is 1.41. The van der Waals surface area contributed by atoms with E-state index in [1.165, 1.54) is 35.5 Å². The number of rotatable bonds is 7. The van der Waals surface area contributed by atoms with E-state index in [0.29, 0.717) is 27.6 Å². The molecule has 0 aromatic carbocycles. The number of imidazole rings is 1. The van der Waals surface area contributed by atoms with Gasteiger partial charge in [-0.3, -0.25) is 4.57 Å². The van der Waals surface area contributed by atoms with Gasteiger partial charge in [-0.2, -0.15) is 8.78 Å². The molecule has 0 aliphatic rings. The van der Waals surface area contributed by atoms with Crippen LogP contribution in [0.4, 0.5) is 13.9 Å². The molecule has 0 bridgehead atoms. The van der Waals surface area contributed by atoms with E-state index in [1.54, 1.807) is 6.26 Å². The number of nitrogens with one attached hydrogen (secondary N) is 1. The van der Waals surface area contributed by atoms with E-state index in [-0.39, 0.29) is 0 Å². The second-order valence-corrected chi connectivity index (χ2v) is 6.32. The highest BCUT2D eigenvalue weighted by atomic mass is 32.2. The molecule has 0 aliphatic carbocycles. The largest absolute Gasteiger partial charge is 0.467 e. The lowest BCUT2D eigenvalue weighted by Gasteiger charge is -2.04. The highest BCUT2D eigenvalue weighted by molar-refractivity contribution is 8.00. The molecule has 6 nitrogen and oxygen atoms in total. The number of thioether (sulfide) groups is 1. The molecule has 1 N–H and O–H groups in total. The highest BCUT2D eigenvalue weighted by Gasteiger charge is 2.13. The molecule has 0 amide bonds. The number of nitrogens with zero attached hydrogens (tertiary/aromatic N) is 4. The zero-order chi connectivity index (χ0) is 15.4. The molecule has 22 heavy (non-hydrogen) atoms. The first-order valence-electron chi connectivity index (χ1n) is 6.25. The Morgan fingerprint density at radius 3 is 3.09 bits per heavy atom. The van der Waals surface area contributed by atoms with Gasteiger partial charge >= 0.3 is 6.55 Å². The van der Waals surface area contributed by atoms with Gasteiger partial charge < -0.3 is 9.73 Å². The van der Waals surface area contributed by atoms with Gasteiger partial charge in [-0.25, -0.2) is 4.98 Å². The minimum absolute atomic E-state index is 0.306. The van der Waals surface area contributed by atoms with Crippen molar-refractivity contribution in [3.63, 3.8) is 0 Å². The number of furan rings is 1. The normalized spacial score (nSPS) is 11.2. The summed E-state index contributed by atoms with van der Waals surface area (Å²) in [4.78, 5) is 3.92. The lowest BCUT2D eigenvalue weighted by molar-refractivity contribution is 0.0678. The third-order valence-corrected chi connectivity index (χ3v) is 4.69. The molecule has 3 rings (SSSR count). The van der Waals surface area contributed by atoms with E-state index in [0.717, 1.165) is 10.3 Å². The molecule has 3 aromatic rings. The van der Waals surface area contributed by atoms with E-state index in [1.807, 2.05) is 12.1 Å². The maximum atomic E-state index is 12.7. The van der Waals surface area contributed by atoms with Crippen molar-refractivity contribution in [2.24, 2.45) is 0 Å². The summed E-state index contributed by atoms with van der Waals surface area (Å²) in [6, 6.07) is 3.66. The molecule has 0 spiro atoms. The first-order valence-corrected chi connectivity index (χ1v) is 8.05.